The summed E-state index contributed by atoms with van der Waals surface area (Å²) in [6.07, 6.45) is 0. The summed E-state index contributed by atoms with van der Waals surface area (Å²) in [5.74, 6) is 0.0505. The van der Waals surface area contributed by atoms with Crippen LogP contribution in [-0.2, 0) is 0 Å². The van der Waals surface area contributed by atoms with Crippen molar-refractivity contribution in [3.05, 3.63) is 43.5 Å². The maximum absolute atomic E-state index is 12.5. The molecule has 0 aliphatic rings. The maximum atomic E-state index is 12.5. The average Bonchev–Trinajstić information content (AvgIpc) is 2.80. The van der Waals surface area contributed by atoms with Crippen LogP contribution in [0.5, 0.6) is 5.75 Å². The van der Waals surface area contributed by atoms with E-state index in [-0.39, 0.29) is 11.8 Å². The Morgan fingerprint density at radius 2 is 2.05 bits per heavy atom. The second-order valence-corrected chi connectivity index (χ2v) is 7.07. The number of anilines is 1. The molecule has 1 aromatic heterocycles. The molecule has 0 fully saturated rings. The van der Waals surface area contributed by atoms with Crippen LogP contribution < -0.4 is 10.1 Å². The highest BCUT2D eigenvalue weighted by molar-refractivity contribution is 9.10. The summed E-state index contributed by atoms with van der Waals surface area (Å²) < 4.78 is 30.0. The van der Waals surface area contributed by atoms with Gasteiger partial charge in [0.15, 0.2) is 5.75 Å². The van der Waals surface area contributed by atoms with Crippen LogP contribution in [-0.4, -0.2) is 6.61 Å². The summed E-state index contributed by atoms with van der Waals surface area (Å²) in [5.41, 5.74) is 0.424. The highest BCUT2D eigenvalue weighted by Crippen LogP contribution is 2.39. The van der Waals surface area contributed by atoms with E-state index >= 15 is 0 Å². The molecule has 1 unspecified atom stereocenters. The number of halogens is 4. The van der Waals surface area contributed by atoms with Gasteiger partial charge in [-0.3, -0.25) is 0 Å². The van der Waals surface area contributed by atoms with E-state index in [0.29, 0.717) is 15.2 Å². The predicted molar refractivity (Wildman–Crippen MR) is 86.9 cm³/mol. The van der Waals surface area contributed by atoms with E-state index in [0.717, 1.165) is 4.88 Å². The topological polar surface area (TPSA) is 21.3 Å². The van der Waals surface area contributed by atoms with E-state index in [1.165, 1.54) is 10.9 Å². The standard InChI is InChI=1S/C14H13BrClF2NOS/c1-7-3-4-12(21-7)8(2)19-11-6-9(16)5-10(15)13(11)20-14(17)18/h3-6,8,14,19H,1-2H3. The first kappa shape index (κ1) is 16.5. The van der Waals surface area contributed by atoms with Crippen LogP contribution in [0.1, 0.15) is 22.7 Å². The second-order valence-electron chi connectivity index (χ2n) is 4.46. The molecule has 1 aromatic carbocycles. The number of benzene rings is 1. The first-order valence-corrected chi connectivity index (χ1v) is 8.12. The molecule has 1 N–H and O–H groups in total. The quantitative estimate of drug-likeness (QED) is 0.645. The van der Waals surface area contributed by atoms with Gasteiger partial charge in [-0.1, -0.05) is 11.6 Å². The highest BCUT2D eigenvalue weighted by Gasteiger charge is 2.17. The fourth-order valence-corrected chi connectivity index (χ4v) is 3.65. The van der Waals surface area contributed by atoms with Crippen molar-refractivity contribution in [2.45, 2.75) is 26.5 Å². The third-order valence-corrected chi connectivity index (χ3v) is 4.77. The van der Waals surface area contributed by atoms with Crippen molar-refractivity contribution < 1.29 is 13.5 Å². The molecule has 7 heteroatoms. The molecule has 1 atom stereocenters. The van der Waals surface area contributed by atoms with Crippen LogP contribution in [0.2, 0.25) is 5.02 Å². The van der Waals surface area contributed by atoms with Crippen LogP contribution in [0.25, 0.3) is 0 Å². The van der Waals surface area contributed by atoms with Gasteiger partial charge in [0.25, 0.3) is 0 Å². The minimum absolute atomic E-state index is 0.0471. The molecule has 0 amide bonds. The molecule has 0 bridgehead atoms. The van der Waals surface area contributed by atoms with E-state index in [1.54, 1.807) is 17.4 Å². The van der Waals surface area contributed by atoms with Gasteiger partial charge in [-0.15, -0.1) is 11.3 Å². The molecular formula is C14H13BrClF2NOS. The van der Waals surface area contributed by atoms with Crippen molar-refractivity contribution in [3.8, 4) is 5.75 Å². The second kappa shape index (κ2) is 6.94. The molecule has 2 aromatic rings. The first-order valence-electron chi connectivity index (χ1n) is 6.13. The minimum atomic E-state index is -2.90. The number of hydrogen-bond donors (Lipinski definition) is 1. The zero-order valence-electron chi connectivity index (χ0n) is 11.3. The minimum Gasteiger partial charge on any atom is -0.431 e. The van der Waals surface area contributed by atoms with Gasteiger partial charge in [0.05, 0.1) is 16.2 Å². The maximum Gasteiger partial charge on any atom is 0.387 e. The van der Waals surface area contributed by atoms with Gasteiger partial charge in [-0.05, 0) is 54.0 Å². The number of rotatable bonds is 5. The van der Waals surface area contributed by atoms with E-state index in [2.05, 4.69) is 26.0 Å². The number of nitrogens with one attached hydrogen (secondary N) is 1. The Kier molecular flexibility index (Phi) is 5.46. The van der Waals surface area contributed by atoms with Gasteiger partial charge in [-0.2, -0.15) is 8.78 Å². The van der Waals surface area contributed by atoms with Crippen molar-refractivity contribution in [1.29, 1.82) is 0 Å². The smallest absolute Gasteiger partial charge is 0.387 e. The van der Waals surface area contributed by atoms with Crippen LogP contribution in [0, 0.1) is 6.92 Å². The third-order valence-electron chi connectivity index (χ3n) is 2.78. The normalized spacial score (nSPS) is 12.5. The zero-order chi connectivity index (χ0) is 15.6. The lowest BCUT2D eigenvalue weighted by atomic mass is 10.2. The first-order chi connectivity index (χ1) is 9.86. The molecule has 0 spiro atoms. The monoisotopic (exact) mass is 395 g/mol. The number of aryl methyl sites for hydroxylation is 1. The summed E-state index contributed by atoms with van der Waals surface area (Å²) in [6, 6.07) is 7.06. The van der Waals surface area contributed by atoms with Crippen molar-refractivity contribution in [3.63, 3.8) is 0 Å². The van der Waals surface area contributed by atoms with Crippen LogP contribution in [0.15, 0.2) is 28.7 Å². The van der Waals surface area contributed by atoms with Crippen LogP contribution in [0.4, 0.5) is 14.5 Å². The lowest BCUT2D eigenvalue weighted by Gasteiger charge is -2.18. The van der Waals surface area contributed by atoms with E-state index < -0.39 is 6.61 Å². The molecule has 0 saturated heterocycles. The summed E-state index contributed by atoms with van der Waals surface area (Å²) in [5, 5.41) is 3.60. The molecule has 0 aliphatic heterocycles. The van der Waals surface area contributed by atoms with E-state index in [1.807, 2.05) is 26.0 Å². The Morgan fingerprint density at radius 1 is 1.33 bits per heavy atom. The van der Waals surface area contributed by atoms with Crippen molar-refractivity contribution in [2.75, 3.05) is 5.32 Å². The van der Waals surface area contributed by atoms with Gasteiger partial charge in [0, 0.05) is 14.8 Å². The number of hydrogen-bond acceptors (Lipinski definition) is 3. The Bertz CT molecular complexity index is 635. The summed E-state index contributed by atoms with van der Waals surface area (Å²) in [6.45, 7) is 1.07. The van der Waals surface area contributed by atoms with Crippen molar-refractivity contribution >= 4 is 44.6 Å². The lowest BCUT2D eigenvalue weighted by Crippen LogP contribution is -2.09. The fourth-order valence-electron chi connectivity index (χ4n) is 1.87. The number of ether oxygens (including phenoxy) is 1. The van der Waals surface area contributed by atoms with Gasteiger partial charge in [0.1, 0.15) is 0 Å². The molecule has 21 heavy (non-hydrogen) atoms. The molecular weight excluding hydrogens is 384 g/mol. The number of alkyl halides is 2. The molecule has 0 saturated carbocycles. The number of thiophene rings is 1. The summed E-state index contributed by atoms with van der Waals surface area (Å²) in [4.78, 5) is 2.29. The largest absolute Gasteiger partial charge is 0.431 e. The molecule has 1 heterocycles. The Hall–Kier alpha value is -0.850. The molecule has 2 rings (SSSR count). The van der Waals surface area contributed by atoms with Gasteiger partial charge < -0.3 is 10.1 Å². The van der Waals surface area contributed by atoms with Gasteiger partial charge in [-0.25, -0.2) is 0 Å². The summed E-state index contributed by atoms with van der Waals surface area (Å²) in [7, 11) is 0. The Labute approximate surface area is 139 Å². The third kappa shape index (κ3) is 4.31. The van der Waals surface area contributed by atoms with Crippen LogP contribution >= 0.6 is 38.9 Å². The van der Waals surface area contributed by atoms with Crippen molar-refractivity contribution in [2.24, 2.45) is 0 Å². The fraction of sp³-hybridized carbons (Fsp3) is 0.286. The van der Waals surface area contributed by atoms with Crippen molar-refractivity contribution in [1.82, 2.24) is 0 Å². The zero-order valence-corrected chi connectivity index (χ0v) is 14.5. The lowest BCUT2D eigenvalue weighted by molar-refractivity contribution is -0.0498. The summed E-state index contributed by atoms with van der Waals surface area (Å²) >= 11 is 10.8. The molecule has 0 aliphatic carbocycles. The average molecular weight is 397 g/mol. The molecule has 114 valence electrons. The Morgan fingerprint density at radius 3 is 2.62 bits per heavy atom. The highest BCUT2D eigenvalue weighted by atomic mass is 79.9. The van der Waals surface area contributed by atoms with Gasteiger partial charge >= 0.3 is 6.61 Å². The van der Waals surface area contributed by atoms with Gasteiger partial charge in [0.2, 0.25) is 0 Å². The molecule has 0 radical (unpaired) electrons. The van der Waals surface area contributed by atoms with E-state index in [9.17, 15) is 8.78 Å². The van der Waals surface area contributed by atoms with E-state index in [4.69, 9.17) is 11.6 Å². The van der Waals surface area contributed by atoms with Crippen LogP contribution in [0.3, 0.4) is 0 Å². The predicted octanol–water partition coefficient (Wildman–Crippen LogP) is 6.25. The molecule has 2 nitrogen and oxygen atoms in total. The SMILES string of the molecule is Cc1ccc(C(C)Nc2cc(Cl)cc(Br)c2OC(F)F)s1. The Balaban J connectivity index is 2.29.